The SMILES string of the molecule is Cc1cccc(N2c3ccncc3S(=O)(=O)N2C(=O)NC(C)C)c1. The van der Waals surface area contributed by atoms with Crippen molar-refractivity contribution in [3.63, 3.8) is 0 Å². The van der Waals surface area contributed by atoms with Gasteiger partial charge in [0.15, 0.2) is 0 Å². The van der Waals surface area contributed by atoms with Gasteiger partial charge in [-0.2, -0.15) is 8.42 Å². The summed E-state index contributed by atoms with van der Waals surface area (Å²) in [4.78, 5) is 16.5. The zero-order valence-electron chi connectivity index (χ0n) is 13.6. The van der Waals surface area contributed by atoms with E-state index in [4.69, 9.17) is 0 Å². The number of amides is 2. The zero-order chi connectivity index (χ0) is 17.5. The number of aromatic nitrogens is 1. The molecule has 0 fully saturated rings. The Kier molecular flexibility index (Phi) is 3.92. The number of nitrogens with zero attached hydrogens (tertiary/aromatic N) is 3. The largest absolute Gasteiger partial charge is 0.351 e. The predicted molar refractivity (Wildman–Crippen MR) is 90.2 cm³/mol. The highest BCUT2D eigenvalue weighted by Gasteiger charge is 2.45. The second-order valence-electron chi connectivity index (χ2n) is 5.85. The summed E-state index contributed by atoms with van der Waals surface area (Å²) in [6.45, 7) is 5.44. The van der Waals surface area contributed by atoms with Crippen molar-refractivity contribution in [2.24, 2.45) is 0 Å². The molecule has 3 rings (SSSR count). The number of hydrogen-bond donors (Lipinski definition) is 1. The first-order chi connectivity index (χ1) is 11.3. The minimum absolute atomic E-state index is 0.00501. The molecular formula is C16H18N4O3S. The van der Waals surface area contributed by atoms with Crippen LogP contribution < -0.4 is 10.3 Å². The Morgan fingerprint density at radius 1 is 1.25 bits per heavy atom. The number of hydrazine groups is 1. The number of carbonyl (C=O) groups excluding carboxylic acids is 1. The molecule has 0 unspecified atom stereocenters. The third-order valence-electron chi connectivity index (χ3n) is 3.51. The van der Waals surface area contributed by atoms with Crippen molar-refractivity contribution < 1.29 is 13.2 Å². The normalized spacial score (nSPS) is 15.5. The van der Waals surface area contributed by atoms with Gasteiger partial charge >= 0.3 is 6.03 Å². The van der Waals surface area contributed by atoms with Crippen molar-refractivity contribution in [1.29, 1.82) is 0 Å². The van der Waals surface area contributed by atoms with Crippen LogP contribution in [0.2, 0.25) is 0 Å². The molecule has 0 bridgehead atoms. The minimum Gasteiger partial charge on any atom is -0.333 e. The molecule has 24 heavy (non-hydrogen) atoms. The van der Waals surface area contributed by atoms with E-state index in [2.05, 4.69) is 10.3 Å². The number of nitrogens with one attached hydrogen (secondary N) is 1. The van der Waals surface area contributed by atoms with E-state index in [0.29, 0.717) is 11.4 Å². The maximum atomic E-state index is 12.9. The lowest BCUT2D eigenvalue weighted by molar-refractivity contribution is 0.222. The molecule has 1 aromatic heterocycles. The zero-order valence-corrected chi connectivity index (χ0v) is 14.4. The van der Waals surface area contributed by atoms with Gasteiger partial charge in [0.1, 0.15) is 4.90 Å². The second-order valence-corrected chi connectivity index (χ2v) is 7.58. The third-order valence-corrected chi connectivity index (χ3v) is 5.17. The molecule has 1 aliphatic rings. The molecule has 0 spiro atoms. The summed E-state index contributed by atoms with van der Waals surface area (Å²) in [5.74, 6) is 0. The summed E-state index contributed by atoms with van der Waals surface area (Å²) in [7, 11) is -4.02. The van der Waals surface area contributed by atoms with Crippen molar-refractivity contribution in [3.8, 4) is 0 Å². The molecule has 126 valence electrons. The molecule has 2 amide bonds. The van der Waals surface area contributed by atoms with Crippen LogP contribution >= 0.6 is 0 Å². The molecule has 2 heterocycles. The van der Waals surface area contributed by atoms with Gasteiger partial charge in [-0.25, -0.2) is 9.80 Å². The van der Waals surface area contributed by atoms with E-state index in [-0.39, 0.29) is 10.9 Å². The van der Waals surface area contributed by atoms with E-state index in [1.54, 1.807) is 26.0 Å². The first-order valence-electron chi connectivity index (χ1n) is 7.49. The molecule has 2 aromatic rings. The van der Waals surface area contributed by atoms with Crippen LogP contribution in [0.15, 0.2) is 47.6 Å². The number of carbonyl (C=O) groups is 1. The van der Waals surface area contributed by atoms with Crippen molar-refractivity contribution in [1.82, 2.24) is 14.7 Å². The van der Waals surface area contributed by atoms with E-state index >= 15 is 0 Å². The van der Waals surface area contributed by atoms with E-state index in [0.717, 1.165) is 9.98 Å². The lowest BCUT2D eigenvalue weighted by Crippen LogP contribution is -2.50. The van der Waals surface area contributed by atoms with Gasteiger partial charge in [0.2, 0.25) is 0 Å². The van der Waals surface area contributed by atoms with Crippen molar-refractivity contribution in [2.75, 3.05) is 5.01 Å². The molecule has 1 aliphatic heterocycles. The smallest absolute Gasteiger partial charge is 0.333 e. The summed E-state index contributed by atoms with van der Waals surface area (Å²) >= 11 is 0. The number of pyridine rings is 1. The first kappa shape index (κ1) is 16.3. The lowest BCUT2D eigenvalue weighted by atomic mass is 10.2. The Bertz CT molecular complexity index is 896. The van der Waals surface area contributed by atoms with Crippen LogP contribution in [0.1, 0.15) is 19.4 Å². The van der Waals surface area contributed by atoms with Crippen LogP contribution in [0.4, 0.5) is 16.2 Å². The standard InChI is InChI=1S/C16H18N4O3S/c1-11(2)18-16(21)20-19(13-6-4-5-12(3)9-13)14-7-8-17-10-15(14)24(20,22)23/h4-11H,1-3H3,(H,18,21). The number of hydrogen-bond acceptors (Lipinski definition) is 5. The van der Waals surface area contributed by atoms with Crippen LogP contribution in [0.25, 0.3) is 0 Å². The first-order valence-corrected chi connectivity index (χ1v) is 8.93. The molecule has 0 aliphatic carbocycles. The predicted octanol–water partition coefficient (Wildman–Crippen LogP) is 2.57. The van der Waals surface area contributed by atoms with Crippen LogP contribution in [0, 0.1) is 6.92 Å². The van der Waals surface area contributed by atoms with Gasteiger partial charge in [0, 0.05) is 18.4 Å². The third kappa shape index (κ3) is 2.58. The van der Waals surface area contributed by atoms with Gasteiger partial charge in [-0.15, -0.1) is 4.41 Å². The Morgan fingerprint density at radius 3 is 2.67 bits per heavy atom. The number of sulfonamides is 1. The van der Waals surface area contributed by atoms with E-state index in [1.165, 1.54) is 17.4 Å². The molecule has 0 saturated carbocycles. The molecular weight excluding hydrogens is 328 g/mol. The highest BCUT2D eigenvalue weighted by molar-refractivity contribution is 7.90. The fourth-order valence-electron chi connectivity index (χ4n) is 2.55. The van der Waals surface area contributed by atoms with Gasteiger partial charge < -0.3 is 5.32 Å². The van der Waals surface area contributed by atoms with Crippen molar-refractivity contribution in [3.05, 3.63) is 48.3 Å². The molecule has 1 N–H and O–H groups in total. The lowest BCUT2D eigenvalue weighted by Gasteiger charge is -2.29. The van der Waals surface area contributed by atoms with E-state index in [1.807, 2.05) is 25.1 Å². The Balaban J connectivity index is 2.20. The Morgan fingerprint density at radius 2 is 2.00 bits per heavy atom. The molecule has 1 aromatic carbocycles. The maximum absolute atomic E-state index is 12.9. The molecule has 0 atom stereocenters. The Labute approximate surface area is 140 Å². The fourth-order valence-corrected chi connectivity index (χ4v) is 4.02. The number of anilines is 2. The van der Waals surface area contributed by atoms with Crippen molar-refractivity contribution in [2.45, 2.75) is 31.7 Å². The molecule has 0 radical (unpaired) electrons. The van der Waals surface area contributed by atoms with Crippen LogP contribution in [0.3, 0.4) is 0 Å². The quantitative estimate of drug-likeness (QED) is 0.904. The summed E-state index contributed by atoms with van der Waals surface area (Å²) in [5, 5.41) is 4.04. The summed E-state index contributed by atoms with van der Waals surface area (Å²) < 4.78 is 26.5. The maximum Gasteiger partial charge on any atom is 0.351 e. The van der Waals surface area contributed by atoms with Gasteiger partial charge in [-0.05, 0) is 44.5 Å². The van der Waals surface area contributed by atoms with Gasteiger partial charge in [-0.3, -0.25) is 4.98 Å². The summed E-state index contributed by atoms with van der Waals surface area (Å²) in [5.41, 5.74) is 1.94. The summed E-state index contributed by atoms with van der Waals surface area (Å²) in [6, 6.07) is 7.97. The van der Waals surface area contributed by atoms with Gasteiger partial charge in [0.25, 0.3) is 10.0 Å². The number of urea groups is 1. The van der Waals surface area contributed by atoms with Crippen LogP contribution in [-0.4, -0.2) is 29.9 Å². The fraction of sp³-hybridized carbons (Fsp3) is 0.250. The molecule has 7 nitrogen and oxygen atoms in total. The van der Waals surface area contributed by atoms with Crippen LogP contribution in [0.5, 0.6) is 0 Å². The average molecular weight is 346 g/mol. The Hall–Kier alpha value is -2.61. The topological polar surface area (TPSA) is 82.6 Å². The molecule has 8 heteroatoms. The van der Waals surface area contributed by atoms with Gasteiger partial charge in [0.05, 0.1) is 11.4 Å². The highest BCUT2D eigenvalue weighted by Crippen LogP contribution is 2.41. The number of aryl methyl sites for hydroxylation is 1. The number of fused-ring (bicyclic) bond motifs is 1. The summed E-state index contributed by atoms with van der Waals surface area (Å²) in [6.07, 6.45) is 2.76. The number of rotatable bonds is 2. The van der Waals surface area contributed by atoms with Crippen LogP contribution in [-0.2, 0) is 10.0 Å². The van der Waals surface area contributed by atoms with Crippen molar-refractivity contribution >= 4 is 27.4 Å². The monoisotopic (exact) mass is 346 g/mol. The minimum atomic E-state index is -4.02. The molecule has 0 saturated heterocycles. The van der Waals surface area contributed by atoms with E-state index in [9.17, 15) is 13.2 Å². The number of benzene rings is 1. The average Bonchev–Trinajstić information content (AvgIpc) is 2.75. The van der Waals surface area contributed by atoms with Gasteiger partial charge in [-0.1, -0.05) is 12.1 Å². The van der Waals surface area contributed by atoms with E-state index < -0.39 is 16.1 Å². The second kappa shape index (κ2) is 5.79. The highest BCUT2D eigenvalue weighted by atomic mass is 32.2.